The van der Waals surface area contributed by atoms with Gasteiger partial charge in [-0.15, -0.1) is 0 Å². The maximum atomic E-state index is 9.86. The SMILES string of the molecule is CCC(CC)(CO)CN1CCC(C)C(O)C1. The van der Waals surface area contributed by atoms with Crippen molar-refractivity contribution in [2.24, 2.45) is 11.3 Å². The number of likely N-dealkylation sites (tertiary alicyclic amines) is 1. The van der Waals surface area contributed by atoms with E-state index < -0.39 is 0 Å². The fraction of sp³-hybridized carbons (Fsp3) is 1.00. The molecular weight excluding hydrogens is 202 g/mol. The topological polar surface area (TPSA) is 43.7 Å². The van der Waals surface area contributed by atoms with Crippen LogP contribution in [-0.4, -0.2) is 47.5 Å². The van der Waals surface area contributed by atoms with Gasteiger partial charge in [-0.2, -0.15) is 0 Å². The predicted octanol–water partition coefficient (Wildman–Crippen LogP) is 1.49. The van der Waals surface area contributed by atoms with E-state index in [0.717, 1.165) is 38.9 Å². The lowest BCUT2D eigenvalue weighted by molar-refractivity contribution is -0.00571. The third-order valence-corrected chi connectivity index (χ3v) is 4.40. The zero-order valence-corrected chi connectivity index (χ0v) is 10.9. The molecule has 0 aromatic rings. The van der Waals surface area contributed by atoms with Gasteiger partial charge in [0.05, 0.1) is 6.10 Å². The maximum absolute atomic E-state index is 9.86. The second-order valence-electron chi connectivity index (χ2n) is 5.43. The van der Waals surface area contributed by atoms with Crippen LogP contribution in [0.1, 0.15) is 40.0 Å². The van der Waals surface area contributed by atoms with E-state index in [-0.39, 0.29) is 18.1 Å². The molecule has 0 bridgehead atoms. The van der Waals surface area contributed by atoms with Crippen molar-refractivity contribution >= 4 is 0 Å². The molecule has 0 aliphatic carbocycles. The predicted molar refractivity (Wildman–Crippen MR) is 66.3 cm³/mol. The van der Waals surface area contributed by atoms with Crippen molar-refractivity contribution < 1.29 is 10.2 Å². The Hall–Kier alpha value is -0.120. The third kappa shape index (κ3) is 3.19. The molecule has 0 spiro atoms. The molecular formula is C13H27NO2. The van der Waals surface area contributed by atoms with Gasteiger partial charge in [0.15, 0.2) is 0 Å². The first-order valence-corrected chi connectivity index (χ1v) is 6.58. The smallest absolute Gasteiger partial charge is 0.0693 e. The molecule has 96 valence electrons. The average molecular weight is 229 g/mol. The van der Waals surface area contributed by atoms with Crippen molar-refractivity contribution in [1.29, 1.82) is 0 Å². The van der Waals surface area contributed by atoms with Gasteiger partial charge in [-0.25, -0.2) is 0 Å². The summed E-state index contributed by atoms with van der Waals surface area (Å²) in [5, 5.41) is 19.4. The van der Waals surface area contributed by atoms with Crippen molar-refractivity contribution in [2.45, 2.75) is 46.1 Å². The summed E-state index contributed by atoms with van der Waals surface area (Å²) in [7, 11) is 0. The van der Waals surface area contributed by atoms with E-state index in [2.05, 4.69) is 25.7 Å². The summed E-state index contributed by atoms with van der Waals surface area (Å²) >= 11 is 0. The van der Waals surface area contributed by atoms with Crippen LogP contribution in [0.3, 0.4) is 0 Å². The van der Waals surface area contributed by atoms with Crippen LogP contribution >= 0.6 is 0 Å². The zero-order valence-electron chi connectivity index (χ0n) is 10.9. The van der Waals surface area contributed by atoms with E-state index >= 15 is 0 Å². The van der Waals surface area contributed by atoms with Crippen LogP contribution < -0.4 is 0 Å². The molecule has 0 aromatic heterocycles. The highest BCUT2D eigenvalue weighted by molar-refractivity contribution is 4.84. The first-order chi connectivity index (χ1) is 7.56. The monoisotopic (exact) mass is 229 g/mol. The molecule has 2 atom stereocenters. The Labute approximate surface area is 99.5 Å². The quantitative estimate of drug-likeness (QED) is 0.750. The van der Waals surface area contributed by atoms with Crippen LogP contribution in [0.2, 0.25) is 0 Å². The highest BCUT2D eigenvalue weighted by atomic mass is 16.3. The lowest BCUT2D eigenvalue weighted by Crippen LogP contribution is -2.48. The Balaban J connectivity index is 2.53. The Morgan fingerprint density at radius 1 is 1.31 bits per heavy atom. The number of nitrogens with zero attached hydrogens (tertiary/aromatic N) is 1. The first-order valence-electron chi connectivity index (χ1n) is 6.58. The van der Waals surface area contributed by atoms with E-state index in [1.165, 1.54) is 0 Å². The summed E-state index contributed by atoms with van der Waals surface area (Å²) in [4.78, 5) is 2.31. The molecule has 0 amide bonds. The fourth-order valence-electron chi connectivity index (χ4n) is 2.48. The van der Waals surface area contributed by atoms with Crippen molar-refractivity contribution in [3.05, 3.63) is 0 Å². The van der Waals surface area contributed by atoms with Crippen molar-refractivity contribution in [2.75, 3.05) is 26.2 Å². The van der Waals surface area contributed by atoms with Gasteiger partial charge in [0.1, 0.15) is 0 Å². The maximum Gasteiger partial charge on any atom is 0.0693 e. The van der Waals surface area contributed by atoms with Crippen LogP contribution in [0.4, 0.5) is 0 Å². The molecule has 2 unspecified atom stereocenters. The van der Waals surface area contributed by atoms with Crippen LogP contribution in [0, 0.1) is 11.3 Å². The number of aliphatic hydroxyl groups excluding tert-OH is 2. The lowest BCUT2D eigenvalue weighted by Gasteiger charge is -2.40. The van der Waals surface area contributed by atoms with Gasteiger partial charge < -0.3 is 15.1 Å². The summed E-state index contributed by atoms with van der Waals surface area (Å²) in [6.07, 6.45) is 2.87. The molecule has 1 rings (SSSR count). The van der Waals surface area contributed by atoms with E-state index in [0.29, 0.717) is 5.92 Å². The molecule has 1 fully saturated rings. The van der Waals surface area contributed by atoms with Crippen molar-refractivity contribution in [3.8, 4) is 0 Å². The molecule has 1 aliphatic heterocycles. The minimum Gasteiger partial charge on any atom is -0.396 e. The minimum atomic E-state index is -0.196. The molecule has 1 saturated heterocycles. The lowest BCUT2D eigenvalue weighted by atomic mass is 9.82. The number of hydrogen-bond donors (Lipinski definition) is 2. The van der Waals surface area contributed by atoms with E-state index in [1.54, 1.807) is 0 Å². The van der Waals surface area contributed by atoms with Gasteiger partial charge in [0.2, 0.25) is 0 Å². The Bertz CT molecular complexity index is 196. The van der Waals surface area contributed by atoms with Crippen LogP contribution in [0.25, 0.3) is 0 Å². The van der Waals surface area contributed by atoms with Gasteiger partial charge in [0.25, 0.3) is 0 Å². The van der Waals surface area contributed by atoms with Gasteiger partial charge in [-0.05, 0) is 31.7 Å². The molecule has 0 radical (unpaired) electrons. The Kier molecular flexibility index (Phi) is 5.22. The second-order valence-corrected chi connectivity index (χ2v) is 5.43. The molecule has 2 N–H and O–H groups in total. The molecule has 16 heavy (non-hydrogen) atoms. The summed E-state index contributed by atoms with van der Waals surface area (Å²) in [5.41, 5.74) is 0.0281. The van der Waals surface area contributed by atoms with Gasteiger partial charge >= 0.3 is 0 Å². The number of rotatable bonds is 5. The zero-order chi connectivity index (χ0) is 12.2. The largest absolute Gasteiger partial charge is 0.396 e. The van der Waals surface area contributed by atoms with Gasteiger partial charge in [-0.3, -0.25) is 0 Å². The molecule has 0 aromatic carbocycles. The fourth-order valence-corrected chi connectivity index (χ4v) is 2.48. The number of β-amino-alcohol motifs (C(OH)–C–C–N with tert-alkyl or cyclic N) is 1. The van der Waals surface area contributed by atoms with Gasteiger partial charge in [-0.1, -0.05) is 20.8 Å². The number of piperidine rings is 1. The number of hydrogen-bond acceptors (Lipinski definition) is 3. The molecule has 1 aliphatic rings. The Morgan fingerprint density at radius 2 is 1.94 bits per heavy atom. The number of aliphatic hydroxyl groups is 2. The summed E-state index contributed by atoms with van der Waals surface area (Å²) in [6, 6.07) is 0. The van der Waals surface area contributed by atoms with Gasteiger partial charge in [0, 0.05) is 25.1 Å². The van der Waals surface area contributed by atoms with Crippen molar-refractivity contribution in [1.82, 2.24) is 4.90 Å². The Morgan fingerprint density at radius 3 is 2.38 bits per heavy atom. The second kappa shape index (κ2) is 5.99. The van der Waals surface area contributed by atoms with E-state index in [1.807, 2.05) is 0 Å². The highest BCUT2D eigenvalue weighted by Gasteiger charge is 2.31. The standard InChI is InChI=1S/C13H27NO2/c1-4-13(5-2,10-15)9-14-7-6-11(3)12(16)8-14/h11-12,15-16H,4-10H2,1-3H3. The highest BCUT2D eigenvalue weighted by Crippen LogP contribution is 2.29. The van der Waals surface area contributed by atoms with E-state index in [9.17, 15) is 10.2 Å². The minimum absolute atomic E-state index is 0.0281. The molecule has 3 nitrogen and oxygen atoms in total. The van der Waals surface area contributed by atoms with Crippen LogP contribution in [0.15, 0.2) is 0 Å². The summed E-state index contributed by atoms with van der Waals surface area (Å²) < 4.78 is 0. The average Bonchev–Trinajstić information content (AvgIpc) is 2.31. The van der Waals surface area contributed by atoms with E-state index in [4.69, 9.17) is 0 Å². The third-order valence-electron chi connectivity index (χ3n) is 4.40. The van der Waals surface area contributed by atoms with Crippen LogP contribution in [-0.2, 0) is 0 Å². The summed E-state index contributed by atoms with van der Waals surface area (Å²) in [6.45, 7) is 9.39. The summed E-state index contributed by atoms with van der Waals surface area (Å²) in [5.74, 6) is 0.419. The first kappa shape index (κ1) is 13.9. The van der Waals surface area contributed by atoms with Crippen molar-refractivity contribution in [3.63, 3.8) is 0 Å². The normalized spacial score (nSPS) is 28.3. The molecule has 0 saturated carbocycles. The molecule has 1 heterocycles. The van der Waals surface area contributed by atoms with Crippen LogP contribution in [0.5, 0.6) is 0 Å². The molecule has 3 heteroatoms.